The van der Waals surface area contributed by atoms with Crippen molar-refractivity contribution in [3.05, 3.63) is 0 Å². The van der Waals surface area contributed by atoms with Gasteiger partial charge in [0.1, 0.15) is 12.1 Å². The van der Waals surface area contributed by atoms with Crippen LogP contribution in [0.3, 0.4) is 0 Å². The van der Waals surface area contributed by atoms with Crippen LogP contribution in [-0.4, -0.2) is 54.0 Å². The Morgan fingerprint density at radius 1 is 1.12 bits per heavy atom. The molecule has 1 aliphatic heterocycles. The maximum Gasteiger partial charge on any atom is 0.325 e. The van der Waals surface area contributed by atoms with Gasteiger partial charge in [0.25, 0.3) is 5.91 Å². The molecule has 0 aromatic carbocycles. The Morgan fingerprint density at radius 2 is 1.80 bits per heavy atom. The van der Waals surface area contributed by atoms with Crippen molar-refractivity contribution in [3.8, 4) is 0 Å². The fourth-order valence-corrected chi connectivity index (χ4v) is 3.96. The third kappa shape index (κ3) is 4.32. The minimum Gasteiger partial charge on any atom is -0.353 e. The van der Waals surface area contributed by atoms with E-state index in [0.717, 1.165) is 24.3 Å². The highest BCUT2D eigenvalue weighted by Gasteiger charge is 2.56. The molecule has 3 N–H and O–H groups in total. The van der Waals surface area contributed by atoms with Gasteiger partial charge in [-0.05, 0) is 38.5 Å². The first-order valence-corrected chi connectivity index (χ1v) is 9.65. The van der Waals surface area contributed by atoms with Crippen LogP contribution >= 0.6 is 0 Å². The van der Waals surface area contributed by atoms with E-state index in [-0.39, 0.29) is 24.3 Å². The quantitative estimate of drug-likeness (QED) is 0.365. The van der Waals surface area contributed by atoms with Crippen LogP contribution < -0.4 is 16.0 Å². The first kappa shape index (κ1) is 18.2. The average Bonchev–Trinajstić information content (AvgIpc) is 3.41. The monoisotopic (exact) mass is 350 g/mol. The molecule has 0 aromatic rings. The summed E-state index contributed by atoms with van der Waals surface area (Å²) < 4.78 is 0. The zero-order valence-corrected chi connectivity index (χ0v) is 15.1. The van der Waals surface area contributed by atoms with E-state index in [2.05, 4.69) is 16.0 Å². The summed E-state index contributed by atoms with van der Waals surface area (Å²) in [6.45, 7) is 2.80. The molecule has 7 nitrogen and oxygen atoms in total. The molecule has 2 aliphatic carbocycles. The lowest BCUT2D eigenvalue weighted by Crippen LogP contribution is -2.47. The second-order valence-electron chi connectivity index (χ2n) is 7.79. The number of imide groups is 1. The second kappa shape index (κ2) is 7.72. The van der Waals surface area contributed by atoms with Gasteiger partial charge in [0.2, 0.25) is 5.91 Å². The van der Waals surface area contributed by atoms with Crippen molar-refractivity contribution in [2.24, 2.45) is 5.92 Å². The number of carbonyl (C=O) groups excluding carboxylic acids is 3. The summed E-state index contributed by atoms with van der Waals surface area (Å²) >= 11 is 0. The molecule has 1 saturated heterocycles. The third-order valence-electron chi connectivity index (χ3n) is 5.73. The molecule has 25 heavy (non-hydrogen) atoms. The van der Waals surface area contributed by atoms with Crippen molar-refractivity contribution in [2.45, 2.75) is 69.9 Å². The molecule has 4 amide bonds. The topological polar surface area (TPSA) is 90.5 Å². The molecule has 3 rings (SSSR count). The molecule has 3 fully saturated rings. The van der Waals surface area contributed by atoms with Gasteiger partial charge < -0.3 is 16.0 Å². The van der Waals surface area contributed by atoms with Gasteiger partial charge in [0, 0.05) is 19.1 Å². The maximum absolute atomic E-state index is 12.5. The predicted octanol–water partition coefficient (Wildman–Crippen LogP) is 1.14. The van der Waals surface area contributed by atoms with Crippen LogP contribution in [0.15, 0.2) is 0 Å². The normalized spacial score (nSPS) is 28.0. The second-order valence-corrected chi connectivity index (χ2v) is 7.79. The highest BCUT2D eigenvalue weighted by Crippen LogP contribution is 2.42. The van der Waals surface area contributed by atoms with E-state index in [1.807, 2.05) is 0 Å². The van der Waals surface area contributed by atoms with E-state index in [4.69, 9.17) is 0 Å². The number of hydrogen-bond donors (Lipinski definition) is 3. The number of nitrogens with one attached hydrogen (secondary N) is 3. The largest absolute Gasteiger partial charge is 0.353 e. The summed E-state index contributed by atoms with van der Waals surface area (Å²) in [4.78, 5) is 37.6. The van der Waals surface area contributed by atoms with E-state index >= 15 is 0 Å². The SMILES string of the molecule is CC1(C2CC2)NC(=O)N(CC(=O)NCCNC2CCCCCC2)C1=O. The smallest absolute Gasteiger partial charge is 0.325 e. The van der Waals surface area contributed by atoms with E-state index in [0.29, 0.717) is 12.6 Å². The van der Waals surface area contributed by atoms with Crippen molar-refractivity contribution in [1.29, 1.82) is 0 Å². The van der Waals surface area contributed by atoms with E-state index in [1.165, 1.54) is 38.5 Å². The van der Waals surface area contributed by atoms with Gasteiger partial charge in [-0.2, -0.15) is 0 Å². The van der Waals surface area contributed by atoms with Gasteiger partial charge in [0.05, 0.1) is 0 Å². The summed E-state index contributed by atoms with van der Waals surface area (Å²) in [7, 11) is 0. The Labute approximate surface area is 149 Å². The van der Waals surface area contributed by atoms with Crippen LogP contribution in [0.1, 0.15) is 58.3 Å². The highest BCUT2D eigenvalue weighted by molar-refractivity contribution is 6.09. The van der Waals surface area contributed by atoms with E-state index in [1.54, 1.807) is 6.92 Å². The van der Waals surface area contributed by atoms with Gasteiger partial charge in [-0.3, -0.25) is 14.5 Å². The Balaban J connectivity index is 1.37. The lowest BCUT2D eigenvalue weighted by atomic mass is 9.96. The zero-order valence-electron chi connectivity index (χ0n) is 15.1. The zero-order chi connectivity index (χ0) is 17.9. The Kier molecular flexibility index (Phi) is 5.61. The molecule has 0 bridgehead atoms. The van der Waals surface area contributed by atoms with E-state index < -0.39 is 11.6 Å². The van der Waals surface area contributed by atoms with Gasteiger partial charge in [-0.15, -0.1) is 0 Å². The molecule has 1 heterocycles. The van der Waals surface area contributed by atoms with Crippen LogP contribution in [0.25, 0.3) is 0 Å². The molecule has 2 saturated carbocycles. The lowest BCUT2D eigenvalue weighted by molar-refractivity contribution is -0.135. The van der Waals surface area contributed by atoms with Crippen LogP contribution in [0.4, 0.5) is 4.79 Å². The van der Waals surface area contributed by atoms with Crippen LogP contribution in [0, 0.1) is 5.92 Å². The summed E-state index contributed by atoms with van der Waals surface area (Å²) in [6.07, 6.45) is 9.50. The molecule has 3 aliphatic rings. The summed E-state index contributed by atoms with van der Waals surface area (Å²) in [6, 6.07) is 0.0933. The first-order chi connectivity index (χ1) is 12.0. The lowest BCUT2D eigenvalue weighted by Gasteiger charge is -2.21. The Morgan fingerprint density at radius 3 is 2.44 bits per heavy atom. The van der Waals surface area contributed by atoms with Gasteiger partial charge in [-0.25, -0.2) is 4.79 Å². The summed E-state index contributed by atoms with van der Waals surface area (Å²) in [5, 5.41) is 9.05. The number of urea groups is 1. The Hall–Kier alpha value is -1.63. The molecule has 1 unspecified atom stereocenters. The highest BCUT2D eigenvalue weighted by atomic mass is 16.2. The molecule has 0 radical (unpaired) electrons. The summed E-state index contributed by atoms with van der Waals surface area (Å²) in [5.41, 5.74) is -0.821. The number of hydrogen-bond acceptors (Lipinski definition) is 4. The van der Waals surface area contributed by atoms with Crippen molar-refractivity contribution >= 4 is 17.8 Å². The standard InChI is InChI=1S/C18H30N4O3/c1-18(13-8-9-13)16(24)22(17(25)21-18)12-15(23)20-11-10-19-14-6-4-2-3-5-7-14/h13-14,19H,2-12H2,1H3,(H,20,23)(H,21,25). The molecular weight excluding hydrogens is 320 g/mol. The minimum absolute atomic E-state index is 0.198. The fourth-order valence-electron chi connectivity index (χ4n) is 3.96. The maximum atomic E-state index is 12.5. The third-order valence-corrected chi connectivity index (χ3v) is 5.73. The molecule has 0 aromatic heterocycles. The van der Waals surface area contributed by atoms with Crippen LogP contribution in [0.5, 0.6) is 0 Å². The van der Waals surface area contributed by atoms with Gasteiger partial charge in [0.15, 0.2) is 0 Å². The first-order valence-electron chi connectivity index (χ1n) is 9.65. The molecule has 7 heteroatoms. The number of rotatable bonds is 7. The van der Waals surface area contributed by atoms with Gasteiger partial charge >= 0.3 is 6.03 Å². The average molecular weight is 350 g/mol. The molecule has 1 atom stereocenters. The molecule has 0 spiro atoms. The minimum atomic E-state index is -0.821. The fraction of sp³-hybridized carbons (Fsp3) is 0.833. The van der Waals surface area contributed by atoms with Crippen molar-refractivity contribution in [3.63, 3.8) is 0 Å². The van der Waals surface area contributed by atoms with Crippen molar-refractivity contribution in [2.75, 3.05) is 19.6 Å². The van der Waals surface area contributed by atoms with E-state index in [9.17, 15) is 14.4 Å². The van der Waals surface area contributed by atoms with Crippen LogP contribution in [-0.2, 0) is 9.59 Å². The van der Waals surface area contributed by atoms with Crippen molar-refractivity contribution in [1.82, 2.24) is 20.9 Å². The number of carbonyl (C=O) groups is 3. The number of amides is 4. The summed E-state index contributed by atoms with van der Waals surface area (Å²) in [5.74, 6) is -0.348. The number of nitrogens with zero attached hydrogens (tertiary/aromatic N) is 1. The molecule has 140 valence electrons. The molecular formula is C18H30N4O3. The predicted molar refractivity (Wildman–Crippen MR) is 93.9 cm³/mol. The Bertz CT molecular complexity index is 526. The van der Waals surface area contributed by atoms with Crippen LogP contribution in [0.2, 0.25) is 0 Å². The van der Waals surface area contributed by atoms with Gasteiger partial charge in [-0.1, -0.05) is 25.7 Å². The van der Waals surface area contributed by atoms with Crippen molar-refractivity contribution < 1.29 is 14.4 Å².